The zero-order valence-corrected chi connectivity index (χ0v) is 18.5. The number of hydrogen-bond acceptors (Lipinski definition) is 7. The molecule has 1 aromatic carbocycles. The third-order valence-corrected chi connectivity index (χ3v) is 5.70. The molecular weight excluding hydrogens is 464 g/mol. The number of halogens is 2. The summed E-state index contributed by atoms with van der Waals surface area (Å²) in [4.78, 5) is 52.9. The lowest BCUT2D eigenvalue weighted by Crippen LogP contribution is -2.43. The molecule has 0 aliphatic carbocycles. The first-order chi connectivity index (χ1) is 16.8. The second-order valence-electron chi connectivity index (χ2n) is 8.08. The van der Waals surface area contributed by atoms with Crippen molar-refractivity contribution in [1.82, 2.24) is 25.3 Å². The van der Waals surface area contributed by atoms with E-state index in [4.69, 9.17) is 0 Å². The summed E-state index contributed by atoms with van der Waals surface area (Å²) in [5.74, 6) is -4.04. The smallest absolute Gasteiger partial charge is 0.326 e. The molecule has 3 aromatic rings. The predicted octanol–water partition coefficient (Wildman–Crippen LogP) is 1.98. The first-order valence-corrected chi connectivity index (χ1v) is 11.0. The maximum Gasteiger partial charge on any atom is 0.326 e. The van der Waals surface area contributed by atoms with Crippen molar-refractivity contribution in [3.63, 3.8) is 0 Å². The van der Waals surface area contributed by atoms with Crippen molar-refractivity contribution < 1.29 is 28.3 Å². The number of carbonyl (C=O) groups excluding carboxylic acids is 2. The Hall–Kier alpha value is -4.16. The summed E-state index contributed by atoms with van der Waals surface area (Å²) in [5.41, 5.74) is 1.20. The van der Waals surface area contributed by atoms with E-state index in [1.165, 1.54) is 12.7 Å². The van der Waals surface area contributed by atoms with Crippen LogP contribution in [0.2, 0.25) is 0 Å². The Labute approximate surface area is 198 Å². The number of fused-ring (bicyclic) bond motifs is 1. The van der Waals surface area contributed by atoms with Gasteiger partial charge in [0, 0.05) is 31.1 Å². The summed E-state index contributed by atoms with van der Waals surface area (Å²) in [6.45, 7) is 0.622. The fraction of sp³-hybridized carbons (Fsp3) is 0.364. The highest BCUT2D eigenvalue weighted by atomic mass is 19.2. The number of nitrogens with one attached hydrogen (secondary N) is 3. The number of benzene rings is 1. The molecule has 35 heavy (non-hydrogen) atoms. The standard InChI is InChI=1S/C22H23F2N7O4/c23-13-6-5-12(8-14(13)24)31-16(22(34)35)9-15(21(31)33)30-17(32)4-2-1-3-7-25-19-18-20(27-10-26-18)29-11-28-19/h5-6,8,10-11,15-16H,1-4,7,9H2,(H,30,32)(H,34,35)(H2,25,26,27,28,29)/t15-,16-/m0/s1. The molecule has 0 spiro atoms. The van der Waals surface area contributed by atoms with Crippen molar-refractivity contribution in [2.45, 2.75) is 44.2 Å². The Balaban J connectivity index is 1.24. The van der Waals surface area contributed by atoms with Gasteiger partial charge in [0.2, 0.25) is 11.8 Å². The molecule has 1 aliphatic rings. The van der Waals surface area contributed by atoms with E-state index < -0.39 is 35.6 Å². The van der Waals surface area contributed by atoms with Crippen molar-refractivity contribution in [3.8, 4) is 0 Å². The molecule has 1 saturated heterocycles. The van der Waals surface area contributed by atoms with E-state index in [0.29, 0.717) is 29.9 Å². The molecule has 0 bridgehead atoms. The van der Waals surface area contributed by atoms with Crippen molar-refractivity contribution in [1.29, 1.82) is 0 Å². The average molecular weight is 487 g/mol. The SMILES string of the molecule is O=C(CCCCCNc1ncnc2nc[nH]c12)N[C@H]1C[C@@H](C(=O)O)N(c2ccc(F)c(F)c2)C1=O. The van der Waals surface area contributed by atoms with Crippen molar-refractivity contribution >= 4 is 40.5 Å². The number of nitrogens with zero attached hydrogens (tertiary/aromatic N) is 4. The monoisotopic (exact) mass is 487 g/mol. The molecule has 13 heteroatoms. The number of aliphatic carboxylic acids is 1. The van der Waals surface area contributed by atoms with Crippen LogP contribution in [0, 0.1) is 11.6 Å². The summed E-state index contributed by atoms with van der Waals surface area (Å²) in [7, 11) is 0. The minimum absolute atomic E-state index is 0.0818. The van der Waals surface area contributed by atoms with Gasteiger partial charge < -0.3 is 20.7 Å². The van der Waals surface area contributed by atoms with Gasteiger partial charge in [-0.2, -0.15) is 0 Å². The molecule has 0 radical (unpaired) electrons. The first-order valence-electron chi connectivity index (χ1n) is 11.0. The summed E-state index contributed by atoms with van der Waals surface area (Å²) >= 11 is 0. The number of unbranched alkanes of at least 4 members (excludes halogenated alkanes) is 2. The number of aromatic nitrogens is 4. The lowest BCUT2D eigenvalue weighted by atomic mass is 10.1. The van der Waals surface area contributed by atoms with Gasteiger partial charge in [0.25, 0.3) is 0 Å². The maximum atomic E-state index is 13.6. The van der Waals surface area contributed by atoms with Gasteiger partial charge >= 0.3 is 5.97 Å². The highest BCUT2D eigenvalue weighted by Gasteiger charge is 2.45. The summed E-state index contributed by atoms with van der Waals surface area (Å²) in [5, 5.41) is 15.3. The topological polar surface area (TPSA) is 153 Å². The van der Waals surface area contributed by atoms with E-state index in [1.807, 2.05) is 0 Å². The summed E-state index contributed by atoms with van der Waals surface area (Å²) < 4.78 is 26.9. The lowest BCUT2D eigenvalue weighted by Gasteiger charge is -2.21. The van der Waals surface area contributed by atoms with E-state index >= 15 is 0 Å². The van der Waals surface area contributed by atoms with E-state index in [1.54, 1.807) is 0 Å². The van der Waals surface area contributed by atoms with Crippen LogP contribution in [0.5, 0.6) is 0 Å². The Kier molecular flexibility index (Phi) is 7.13. The van der Waals surface area contributed by atoms with Crippen LogP contribution >= 0.6 is 0 Å². The van der Waals surface area contributed by atoms with Gasteiger partial charge in [-0.3, -0.25) is 14.5 Å². The Morgan fingerprint density at radius 1 is 1.14 bits per heavy atom. The molecule has 0 unspecified atom stereocenters. The van der Waals surface area contributed by atoms with Crippen molar-refractivity contribution in [2.75, 3.05) is 16.8 Å². The van der Waals surface area contributed by atoms with Gasteiger partial charge in [-0.1, -0.05) is 6.42 Å². The molecule has 0 saturated carbocycles. The van der Waals surface area contributed by atoms with Gasteiger partial charge in [-0.25, -0.2) is 28.5 Å². The number of anilines is 2. The molecule has 11 nitrogen and oxygen atoms in total. The molecule has 184 valence electrons. The number of rotatable bonds is 10. The van der Waals surface area contributed by atoms with Crippen LogP contribution in [0.1, 0.15) is 32.1 Å². The van der Waals surface area contributed by atoms with E-state index in [0.717, 1.165) is 35.9 Å². The molecule has 3 heterocycles. The highest BCUT2D eigenvalue weighted by Crippen LogP contribution is 2.28. The van der Waals surface area contributed by atoms with Gasteiger partial charge in [0.05, 0.1) is 6.33 Å². The third kappa shape index (κ3) is 5.34. The molecular formula is C22H23F2N7O4. The molecule has 1 fully saturated rings. The third-order valence-electron chi connectivity index (χ3n) is 5.70. The zero-order valence-electron chi connectivity index (χ0n) is 18.5. The fourth-order valence-corrected chi connectivity index (χ4v) is 3.98. The molecule has 4 rings (SSSR count). The van der Waals surface area contributed by atoms with E-state index in [2.05, 4.69) is 30.6 Å². The Bertz CT molecular complexity index is 1250. The molecule has 2 aromatic heterocycles. The molecule has 2 amide bonds. The van der Waals surface area contributed by atoms with Crippen LogP contribution in [0.4, 0.5) is 20.3 Å². The Morgan fingerprint density at radius 2 is 1.97 bits per heavy atom. The minimum Gasteiger partial charge on any atom is -0.480 e. The number of amides is 2. The van der Waals surface area contributed by atoms with Gasteiger partial charge in [-0.05, 0) is 25.0 Å². The zero-order chi connectivity index (χ0) is 24.9. The number of carboxylic acid groups (broad SMARTS) is 1. The quantitative estimate of drug-likeness (QED) is 0.317. The number of aromatic amines is 1. The second kappa shape index (κ2) is 10.4. The highest BCUT2D eigenvalue weighted by molar-refractivity contribution is 6.06. The number of imidazole rings is 1. The van der Waals surface area contributed by atoms with E-state index in [-0.39, 0.29) is 24.4 Å². The van der Waals surface area contributed by atoms with Gasteiger partial charge in [0.15, 0.2) is 23.1 Å². The Morgan fingerprint density at radius 3 is 2.74 bits per heavy atom. The second-order valence-corrected chi connectivity index (χ2v) is 8.08. The van der Waals surface area contributed by atoms with E-state index in [9.17, 15) is 28.3 Å². The number of carboxylic acids is 1. The molecule has 1 aliphatic heterocycles. The van der Waals surface area contributed by atoms with Crippen LogP contribution in [0.15, 0.2) is 30.9 Å². The minimum atomic E-state index is -1.30. The average Bonchev–Trinajstić information content (AvgIpc) is 3.43. The summed E-state index contributed by atoms with van der Waals surface area (Å²) in [6.07, 6.45) is 4.99. The van der Waals surface area contributed by atoms with Gasteiger partial charge in [-0.15, -0.1) is 0 Å². The van der Waals surface area contributed by atoms with Crippen molar-refractivity contribution in [2.24, 2.45) is 0 Å². The number of hydrogen-bond donors (Lipinski definition) is 4. The van der Waals surface area contributed by atoms with Crippen LogP contribution in [-0.2, 0) is 14.4 Å². The fourth-order valence-electron chi connectivity index (χ4n) is 3.98. The molecule has 4 N–H and O–H groups in total. The maximum absolute atomic E-state index is 13.6. The van der Waals surface area contributed by atoms with Gasteiger partial charge in [0.1, 0.15) is 23.9 Å². The molecule has 2 atom stereocenters. The normalized spacial score (nSPS) is 17.7. The largest absolute Gasteiger partial charge is 0.480 e. The van der Waals surface area contributed by atoms with Crippen LogP contribution in [0.3, 0.4) is 0 Å². The summed E-state index contributed by atoms with van der Waals surface area (Å²) in [6, 6.07) is 0.351. The van der Waals surface area contributed by atoms with Crippen LogP contribution in [0.25, 0.3) is 11.2 Å². The van der Waals surface area contributed by atoms with Crippen LogP contribution in [-0.4, -0.2) is 61.5 Å². The number of H-pyrrole nitrogens is 1. The number of carbonyl (C=O) groups is 3. The predicted molar refractivity (Wildman–Crippen MR) is 120 cm³/mol. The van der Waals surface area contributed by atoms with Crippen molar-refractivity contribution in [3.05, 3.63) is 42.5 Å². The first kappa shape index (κ1) is 24.0. The van der Waals surface area contributed by atoms with Crippen LogP contribution < -0.4 is 15.5 Å². The lowest BCUT2D eigenvalue weighted by molar-refractivity contribution is -0.138.